The number of fused-ring (bicyclic) bond motifs is 3. The van der Waals surface area contributed by atoms with Gasteiger partial charge in [0.1, 0.15) is 6.54 Å². The van der Waals surface area contributed by atoms with Gasteiger partial charge in [-0.25, -0.2) is 15.2 Å². The summed E-state index contributed by atoms with van der Waals surface area (Å²) in [5.74, 6) is 5.11. The number of nitrogens with one attached hydrogen (secondary N) is 1. The monoisotopic (exact) mass is 397 g/mol. The number of benzene rings is 1. The van der Waals surface area contributed by atoms with Crippen LogP contribution in [0.4, 0.5) is 11.6 Å². The van der Waals surface area contributed by atoms with Gasteiger partial charge in [0.15, 0.2) is 11.2 Å². The maximum atomic E-state index is 13.1. The molecule has 1 aliphatic heterocycles. The first kappa shape index (κ1) is 18.9. The number of nitrogens with zero attached hydrogens (tertiary/aromatic N) is 5. The van der Waals surface area contributed by atoms with Crippen molar-refractivity contribution < 1.29 is 4.79 Å². The van der Waals surface area contributed by atoms with Gasteiger partial charge in [0.05, 0.1) is 0 Å². The van der Waals surface area contributed by atoms with Crippen molar-refractivity contribution in [2.24, 2.45) is 12.9 Å². The van der Waals surface area contributed by atoms with Crippen LogP contribution in [-0.4, -0.2) is 31.1 Å². The van der Waals surface area contributed by atoms with Gasteiger partial charge in [-0.3, -0.25) is 19.6 Å². The van der Waals surface area contributed by atoms with Crippen LogP contribution in [0.1, 0.15) is 17.5 Å². The van der Waals surface area contributed by atoms with Crippen LogP contribution in [0.15, 0.2) is 27.8 Å². The van der Waals surface area contributed by atoms with Gasteiger partial charge in [0.2, 0.25) is 5.95 Å². The smallest absolute Gasteiger partial charge is 0.312 e. The van der Waals surface area contributed by atoms with E-state index in [9.17, 15) is 14.4 Å². The number of imidazole rings is 1. The number of aryl methyl sites for hydroxylation is 4. The summed E-state index contributed by atoms with van der Waals surface area (Å²) in [5, 5.41) is 0. The Bertz CT molecular complexity index is 1250. The second-order valence-electron chi connectivity index (χ2n) is 7.31. The lowest BCUT2D eigenvalue weighted by Gasteiger charge is -2.29. The van der Waals surface area contributed by atoms with Crippen LogP contribution in [0.3, 0.4) is 0 Å². The fourth-order valence-electron chi connectivity index (χ4n) is 3.73. The van der Waals surface area contributed by atoms with Crippen molar-refractivity contribution in [3.63, 3.8) is 0 Å². The molecule has 0 aliphatic carbocycles. The molecule has 29 heavy (non-hydrogen) atoms. The molecule has 0 bridgehead atoms. The van der Waals surface area contributed by atoms with Crippen LogP contribution < -0.4 is 27.4 Å². The zero-order valence-corrected chi connectivity index (χ0v) is 16.6. The van der Waals surface area contributed by atoms with Gasteiger partial charge < -0.3 is 9.47 Å². The van der Waals surface area contributed by atoms with Gasteiger partial charge >= 0.3 is 5.69 Å². The van der Waals surface area contributed by atoms with Crippen molar-refractivity contribution in [1.29, 1.82) is 0 Å². The van der Waals surface area contributed by atoms with E-state index in [0.29, 0.717) is 23.7 Å². The standard InChI is InChI=1S/C19H23N7O3/c1-11-5-6-13(9-12(11)2)24-7-4-8-25-15-16(21-18(24)25)23(3)19(29)26(17(15)28)10-14(27)22-20/h5-6,9H,4,7-8,10,20H2,1-3H3,(H,22,27). The molecule has 3 aromatic rings. The lowest BCUT2D eigenvalue weighted by atomic mass is 10.1. The largest absolute Gasteiger partial charge is 0.332 e. The number of carbonyl (C=O) groups excluding carboxylic acids is 1. The molecule has 1 aliphatic rings. The van der Waals surface area contributed by atoms with Gasteiger partial charge in [-0.1, -0.05) is 6.07 Å². The molecule has 10 nitrogen and oxygen atoms in total. The Labute approximate surface area is 166 Å². The van der Waals surface area contributed by atoms with Crippen molar-refractivity contribution in [2.45, 2.75) is 33.4 Å². The average Bonchev–Trinajstić information content (AvgIpc) is 3.11. The predicted molar refractivity (Wildman–Crippen MR) is 109 cm³/mol. The molecule has 0 atom stereocenters. The summed E-state index contributed by atoms with van der Waals surface area (Å²) in [4.78, 5) is 44.1. The number of hydrazine groups is 1. The van der Waals surface area contributed by atoms with Gasteiger partial charge in [-0.2, -0.15) is 4.98 Å². The molecule has 152 valence electrons. The fraction of sp³-hybridized carbons (Fsp3) is 0.368. The summed E-state index contributed by atoms with van der Waals surface area (Å²) in [6.07, 6.45) is 0.816. The van der Waals surface area contributed by atoms with E-state index in [1.807, 2.05) is 16.1 Å². The van der Waals surface area contributed by atoms with Crippen molar-refractivity contribution in [3.8, 4) is 0 Å². The predicted octanol–water partition coefficient (Wildman–Crippen LogP) is 0.0452. The maximum absolute atomic E-state index is 13.1. The summed E-state index contributed by atoms with van der Waals surface area (Å²) in [6, 6.07) is 6.17. The number of anilines is 2. The van der Waals surface area contributed by atoms with E-state index < -0.39 is 23.7 Å². The summed E-state index contributed by atoms with van der Waals surface area (Å²) >= 11 is 0. The van der Waals surface area contributed by atoms with E-state index >= 15 is 0 Å². The van der Waals surface area contributed by atoms with Crippen molar-refractivity contribution >= 4 is 28.7 Å². The highest BCUT2D eigenvalue weighted by Gasteiger charge is 2.27. The molecular weight excluding hydrogens is 374 g/mol. The SMILES string of the molecule is Cc1ccc(N2CCCn3c2nc2c3c(=O)n(CC(=O)NN)c(=O)n2C)cc1C. The highest BCUT2D eigenvalue weighted by Crippen LogP contribution is 2.31. The quantitative estimate of drug-likeness (QED) is 0.366. The van der Waals surface area contributed by atoms with Crippen LogP contribution in [0.25, 0.3) is 11.2 Å². The van der Waals surface area contributed by atoms with E-state index in [4.69, 9.17) is 5.84 Å². The van der Waals surface area contributed by atoms with Gasteiger partial charge in [-0.05, 0) is 43.5 Å². The van der Waals surface area contributed by atoms with Crippen molar-refractivity contribution in [2.75, 3.05) is 11.4 Å². The minimum Gasteiger partial charge on any atom is -0.312 e. The summed E-state index contributed by atoms with van der Waals surface area (Å²) < 4.78 is 4.01. The first-order valence-electron chi connectivity index (χ1n) is 9.37. The molecule has 0 spiro atoms. The van der Waals surface area contributed by atoms with Gasteiger partial charge in [0, 0.05) is 25.8 Å². The molecule has 0 fully saturated rings. The number of aromatic nitrogens is 4. The Morgan fingerprint density at radius 1 is 1.21 bits per heavy atom. The Morgan fingerprint density at radius 3 is 2.66 bits per heavy atom. The third-order valence-corrected chi connectivity index (χ3v) is 5.48. The van der Waals surface area contributed by atoms with E-state index in [2.05, 4.69) is 35.9 Å². The van der Waals surface area contributed by atoms with Crippen molar-refractivity contribution in [1.82, 2.24) is 24.1 Å². The summed E-state index contributed by atoms with van der Waals surface area (Å²) in [5.41, 5.74) is 4.74. The highest BCUT2D eigenvalue weighted by atomic mass is 16.2. The third kappa shape index (κ3) is 2.92. The van der Waals surface area contributed by atoms with E-state index in [-0.39, 0.29) is 0 Å². The summed E-state index contributed by atoms with van der Waals surface area (Å²) in [7, 11) is 1.54. The molecule has 0 unspecified atom stereocenters. The first-order chi connectivity index (χ1) is 13.8. The molecule has 0 radical (unpaired) electrons. The van der Waals surface area contributed by atoms with Crippen LogP contribution in [0, 0.1) is 13.8 Å². The van der Waals surface area contributed by atoms with Crippen molar-refractivity contribution in [3.05, 3.63) is 50.2 Å². The molecule has 0 saturated carbocycles. The number of hydrogen-bond donors (Lipinski definition) is 2. The molecule has 3 heterocycles. The number of carbonyl (C=O) groups is 1. The number of nitrogens with two attached hydrogens (primary N) is 1. The van der Waals surface area contributed by atoms with Gasteiger partial charge in [0.25, 0.3) is 11.5 Å². The van der Waals surface area contributed by atoms with Gasteiger partial charge in [-0.15, -0.1) is 0 Å². The second-order valence-corrected chi connectivity index (χ2v) is 7.31. The molecule has 4 rings (SSSR count). The Balaban J connectivity index is 1.95. The molecule has 10 heteroatoms. The number of hydrogen-bond acceptors (Lipinski definition) is 6. The van der Waals surface area contributed by atoms with Crippen LogP contribution in [0.2, 0.25) is 0 Å². The summed E-state index contributed by atoms with van der Waals surface area (Å²) in [6.45, 7) is 5.02. The molecule has 0 saturated heterocycles. The molecule has 3 N–H and O–H groups in total. The number of rotatable bonds is 3. The first-order valence-corrected chi connectivity index (χ1v) is 9.37. The fourth-order valence-corrected chi connectivity index (χ4v) is 3.73. The normalized spacial score (nSPS) is 13.6. The van der Waals surface area contributed by atoms with E-state index in [0.717, 1.165) is 23.2 Å². The van der Waals surface area contributed by atoms with Crippen LogP contribution >= 0.6 is 0 Å². The maximum Gasteiger partial charge on any atom is 0.332 e. The highest BCUT2D eigenvalue weighted by molar-refractivity contribution is 5.78. The Hall–Kier alpha value is -3.40. The lowest BCUT2D eigenvalue weighted by Crippen LogP contribution is -2.45. The lowest BCUT2D eigenvalue weighted by molar-refractivity contribution is -0.121. The molecular formula is C19H23N7O3. The Kier molecular flexibility index (Phi) is 4.50. The van der Waals surface area contributed by atoms with Crippen LogP contribution in [-0.2, 0) is 24.9 Å². The number of amides is 1. The average molecular weight is 397 g/mol. The van der Waals surface area contributed by atoms with E-state index in [1.54, 1.807) is 7.05 Å². The van der Waals surface area contributed by atoms with Crippen LogP contribution in [0.5, 0.6) is 0 Å². The Morgan fingerprint density at radius 2 is 1.97 bits per heavy atom. The zero-order valence-electron chi connectivity index (χ0n) is 16.6. The second kappa shape index (κ2) is 6.89. The zero-order chi connectivity index (χ0) is 20.9. The molecule has 1 amide bonds. The third-order valence-electron chi connectivity index (χ3n) is 5.48. The minimum absolute atomic E-state index is 0.301. The molecule has 2 aromatic heterocycles. The van der Waals surface area contributed by atoms with E-state index in [1.165, 1.54) is 15.7 Å². The topological polar surface area (TPSA) is 120 Å². The minimum atomic E-state index is -0.626. The molecule has 1 aromatic carbocycles.